The summed E-state index contributed by atoms with van der Waals surface area (Å²) in [6.45, 7) is 5.16. The molecule has 22 heavy (non-hydrogen) atoms. The zero-order chi connectivity index (χ0) is 15.5. The normalized spacial score (nSPS) is 22.9. The van der Waals surface area contributed by atoms with Crippen LogP contribution in [0.15, 0.2) is 30.3 Å². The third kappa shape index (κ3) is 3.40. The Hall–Kier alpha value is -1.23. The van der Waals surface area contributed by atoms with Crippen molar-refractivity contribution in [3.05, 3.63) is 40.9 Å². The molecule has 1 heterocycles. The molecule has 3 unspecified atom stereocenters. The van der Waals surface area contributed by atoms with Crippen LogP contribution in [0.1, 0.15) is 42.8 Å². The number of benzene rings is 1. The Morgan fingerprint density at radius 2 is 2.09 bits per heavy atom. The fourth-order valence-corrected chi connectivity index (χ4v) is 4.29. The molecule has 0 spiro atoms. The Morgan fingerprint density at radius 1 is 1.32 bits per heavy atom. The fourth-order valence-electron chi connectivity index (χ4n) is 3.19. The van der Waals surface area contributed by atoms with Crippen molar-refractivity contribution in [2.24, 2.45) is 5.92 Å². The first kappa shape index (κ1) is 15.7. The van der Waals surface area contributed by atoms with E-state index in [1.807, 2.05) is 6.07 Å². The molecule has 118 valence electrons. The highest BCUT2D eigenvalue weighted by atomic mass is 32.1. The van der Waals surface area contributed by atoms with Crippen LogP contribution in [0, 0.1) is 12.8 Å². The molecular weight excluding hydrogens is 292 g/mol. The molecule has 1 aromatic carbocycles. The van der Waals surface area contributed by atoms with Crippen molar-refractivity contribution in [2.45, 2.75) is 45.3 Å². The number of nitrogens with zero attached hydrogens (tertiary/aromatic N) is 1. The van der Waals surface area contributed by atoms with Gasteiger partial charge in [-0.25, -0.2) is 4.98 Å². The van der Waals surface area contributed by atoms with Gasteiger partial charge >= 0.3 is 0 Å². The lowest BCUT2D eigenvalue weighted by molar-refractivity contribution is 0.130. The van der Waals surface area contributed by atoms with Crippen molar-refractivity contribution in [3.8, 4) is 10.6 Å². The molecule has 0 saturated heterocycles. The molecule has 3 atom stereocenters. The van der Waals surface area contributed by atoms with Gasteiger partial charge in [-0.05, 0) is 32.6 Å². The lowest BCUT2D eigenvalue weighted by Crippen LogP contribution is -2.29. The summed E-state index contributed by atoms with van der Waals surface area (Å²) in [4.78, 5) is 6.02. The van der Waals surface area contributed by atoms with Crippen molar-refractivity contribution in [3.63, 3.8) is 0 Å². The monoisotopic (exact) mass is 316 g/mol. The van der Waals surface area contributed by atoms with Crippen molar-refractivity contribution < 1.29 is 5.11 Å². The maximum absolute atomic E-state index is 9.93. The summed E-state index contributed by atoms with van der Waals surface area (Å²) in [7, 11) is 0. The average molecular weight is 316 g/mol. The van der Waals surface area contributed by atoms with E-state index in [2.05, 4.69) is 43.4 Å². The van der Waals surface area contributed by atoms with Crippen LogP contribution >= 0.6 is 11.3 Å². The first-order valence-electron chi connectivity index (χ1n) is 8.09. The lowest BCUT2D eigenvalue weighted by Gasteiger charge is -2.19. The molecule has 1 aliphatic carbocycles. The van der Waals surface area contributed by atoms with Gasteiger partial charge in [-0.1, -0.05) is 36.8 Å². The second kappa shape index (κ2) is 6.90. The number of aromatic nitrogens is 1. The van der Waals surface area contributed by atoms with Gasteiger partial charge in [0.1, 0.15) is 5.01 Å². The second-order valence-corrected chi connectivity index (χ2v) is 7.25. The predicted octanol–water partition coefficient (Wildman–Crippen LogP) is 3.93. The molecule has 1 aliphatic rings. The number of rotatable bonds is 5. The SMILES string of the molecule is Cc1nc(-c2ccccc2)sc1C(C)NCC1CCCC1O. The maximum atomic E-state index is 9.93. The molecule has 0 bridgehead atoms. The van der Waals surface area contributed by atoms with E-state index in [1.165, 1.54) is 10.4 Å². The molecule has 3 nitrogen and oxygen atoms in total. The van der Waals surface area contributed by atoms with Gasteiger partial charge in [0.2, 0.25) is 0 Å². The Labute approximate surface area is 136 Å². The van der Waals surface area contributed by atoms with E-state index in [9.17, 15) is 5.11 Å². The smallest absolute Gasteiger partial charge is 0.123 e. The van der Waals surface area contributed by atoms with Crippen molar-refractivity contribution in [2.75, 3.05) is 6.54 Å². The summed E-state index contributed by atoms with van der Waals surface area (Å²) in [5.41, 5.74) is 2.29. The second-order valence-electron chi connectivity index (χ2n) is 6.22. The van der Waals surface area contributed by atoms with Crippen molar-refractivity contribution in [1.82, 2.24) is 10.3 Å². The van der Waals surface area contributed by atoms with E-state index >= 15 is 0 Å². The summed E-state index contributed by atoms with van der Waals surface area (Å²) < 4.78 is 0. The van der Waals surface area contributed by atoms with E-state index in [1.54, 1.807) is 11.3 Å². The molecule has 1 saturated carbocycles. The largest absolute Gasteiger partial charge is 0.393 e. The zero-order valence-corrected chi connectivity index (χ0v) is 14.1. The van der Waals surface area contributed by atoms with E-state index in [0.717, 1.165) is 36.5 Å². The molecule has 0 amide bonds. The molecule has 2 aromatic rings. The molecule has 3 rings (SSSR count). The van der Waals surface area contributed by atoms with Gasteiger partial charge in [-0.15, -0.1) is 11.3 Å². The summed E-state index contributed by atoms with van der Waals surface area (Å²) in [6, 6.07) is 10.6. The molecule has 1 fully saturated rings. The predicted molar refractivity (Wildman–Crippen MR) is 92.1 cm³/mol. The van der Waals surface area contributed by atoms with Gasteiger partial charge in [-0.2, -0.15) is 0 Å². The fraction of sp³-hybridized carbons (Fsp3) is 0.500. The molecular formula is C18H24N2OS. The van der Waals surface area contributed by atoms with Crippen LogP contribution in [0.3, 0.4) is 0 Å². The van der Waals surface area contributed by atoms with E-state index in [0.29, 0.717) is 5.92 Å². The van der Waals surface area contributed by atoms with Crippen LogP contribution in [0.4, 0.5) is 0 Å². The topological polar surface area (TPSA) is 45.2 Å². The standard InChI is InChI=1S/C18H24N2OS/c1-12(19-11-15-9-6-10-16(15)21)17-13(2)20-18(22-17)14-7-4-3-5-8-14/h3-5,7-8,12,15-16,19,21H,6,9-11H2,1-2H3. The van der Waals surface area contributed by atoms with Crippen molar-refractivity contribution in [1.29, 1.82) is 0 Å². The third-order valence-electron chi connectivity index (χ3n) is 4.55. The number of hydrogen-bond acceptors (Lipinski definition) is 4. The lowest BCUT2D eigenvalue weighted by atomic mass is 10.1. The number of hydrogen-bond donors (Lipinski definition) is 2. The Kier molecular flexibility index (Phi) is 4.91. The number of aliphatic hydroxyl groups excluding tert-OH is 1. The Balaban J connectivity index is 1.67. The maximum Gasteiger partial charge on any atom is 0.123 e. The molecule has 0 aliphatic heterocycles. The highest BCUT2D eigenvalue weighted by Gasteiger charge is 2.25. The molecule has 2 N–H and O–H groups in total. The van der Waals surface area contributed by atoms with Crippen LogP contribution in [0.2, 0.25) is 0 Å². The first-order valence-corrected chi connectivity index (χ1v) is 8.91. The van der Waals surface area contributed by atoms with Gasteiger partial charge in [0.25, 0.3) is 0 Å². The van der Waals surface area contributed by atoms with Crippen LogP contribution < -0.4 is 5.32 Å². The van der Waals surface area contributed by atoms with Gasteiger partial charge in [0.15, 0.2) is 0 Å². The quantitative estimate of drug-likeness (QED) is 0.878. The first-order chi connectivity index (χ1) is 10.6. The van der Waals surface area contributed by atoms with Gasteiger partial charge in [0, 0.05) is 23.0 Å². The van der Waals surface area contributed by atoms with Gasteiger partial charge in [0.05, 0.1) is 11.8 Å². The highest BCUT2D eigenvalue weighted by molar-refractivity contribution is 7.15. The third-order valence-corrected chi connectivity index (χ3v) is 5.94. The minimum Gasteiger partial charge on any atom is -0.393 e. The van der Waals surface area contributed by atoms with Gasteiger partial charge < -0.3 is 10.4 Å². The number of thiazole rings is 1. The molecule has 4 heteroatoms. The number of nitrogens with one attached hydrogen (secondary N) is 1. The van der Waals surface area contributed by atoms with Crippen LogP contribution in [0.5, 0.6) is 0 Å². The summed E-state index contributed by atoms with van der Waals surface area (Å²) in [6.07, 6.45) is 3.12. The highest BCUT2D eigenvalue weighted by Crippen LogP contribution is 2.32. The van der Waals surface area contributed by atoms with Crippen LogP contribution in [-0.4, -0.2) is 22.7 Å². The summed E-state index contributed by atoms with van der Waals surface area (Å²) in [5.74, 6) is 0.407. The molecule has 0 radical (unpaired) electrons. The zero-order valence-electron chi connectivity index (χ0n) is 13.2. The van der Waals surface area contributed by atoms with Crippen LogP contribution in [-0.2, 0) is 0 Å². The van der Waals surface area contributed by atoms with E-state index in [4.69, 9.17) is 4.98 Å². The Morgan fingerprint density at radius 3 is 2.77 bits per heavy atom. The minimum absolute atomic E-state index is 0.123. The average Bonchev–Trinajstić information content (AvgIpc) is 3.12. The van der Waals surface area contributed by atoms with Crippen LogP contribution in [0.25, 0.3) is 10.6 Å². The van der Waals surface area contributed by atoms with Crippen molar-refractivity contribution >= 4 is 11.3 Å². The summed E-state index contributed by atoms with van der Waals surface area (Å²) >= 11 is 1.77. The van der Waals surface area contributed by atoms with Gasteiger partial charge in [-0.3, -0.25) is 0 Å². The summed E-state index contributed by atoms with van der Waals surface area (Å²) in [5, 5.41) is 14.6. The number of aliphatic hydroxyl groups is 1. The van der Waals surface area contributed by atoms with E-state index < -0.39 is 0 Å². The molecule has 1 aromatic heterocycles. The van der Waals surface area contributed by atoms with E-state index in [-0.39, 0.29) is 12.1 Å². The Bertz CT molecular complexity index is 611. The number of aryl methyl sites for hydroxylation is 1. The minimum atomic E-state index is -0.123.